The van der Waals surface area contributed by atoms with Gasteiger partial charge in [0.15, 0.2) is 5.69 Å². The second kappa shape index (κ2) is 8.24. The number of halogens is 3. The zero-order valence-electron chi connectivity index (χ0n) is 15.2. The van der Waals surface area contributed by atoms with E-state index in [2.05, 4.69) is 15.7 Å². The van der Waals surface area contributed by atoms with Gasteiger partial charge in [-0.3, -0.25) is 14.3 Å². The van der Waals surface area contributed by atoms with E-state index >= 15 is 0 Å². The lowest BCUT2D eigenvalue weighted by molar-refractivity contribution is -0.141. The molecule has 0 saturated carbocycles. The van der Waals surface area contributed by atoms with Crippen LogP contribution in [-0.2, 0) is 24.6 Å². The predicted molar refractivity (Wildman–Crippen MR) is 93.9 cm³/mol. The van der Waals surface area contributed by atoms with Crippen molar-refractivity contribution in [3.05, 3.63) is 47.3 Å². The first kappa shape index (κ1) is 20.5. The lowest BCUT2D eigenvalue weighted by Gasteiger charge is -2.11. The van der Waals surface area contributed by atoms with Gasteiger partial charge < -0.3 is 10.6 Å². The fourth-order valence-electron chi connectivity index (χ4n) is 2.35. The van der Waals surface area contributed by atoms with Crippen molar-refractivity contribution in [1.82, 2.24) is 15.1 Å². The Morgan fingerprint density at radius 3 is 2.63 bits per heavy atom. The second-order valence-corrected chi connectivity index (χ2v) is 6.24. The van der Waals surface area contributed by atoms with Gasteiger partial charge in [0, 0.05) is 31.4 Å². The summed E-state index contributed by atoms with van der Waals surface area (Å²) in [5.74, 6) is -1.13. The smallest absolute Gasteiger partial charge is 0.348 e. The summed E-state index contributed by atoms with van der Waals surface area (Å²) < 4.78 is 39.8. The fourth-order valence-corrected chi connectivity index (χ4v) is 2.35. The zero-order chi connectivity index (χ0) is 20.2. The molecule has 0 radical (unpaired) electrons. The molecule has 0 spiro atoms. The molecule has 1 heterocycles. The zero-order valence-corrected chi connectivity index (χ0v) is 15.2. The van der Waals surface area contributed by atoms with Crippen molar-refractivity contribution in [2.45, 2.75) is 33.0 Å². The Bertz CT molecular complexity index is 830. The first-order chi connectivity index (χ1) is 12.6. The van der Waals surface area contributed by atoms with Gasteiger partial charge in [0.25, 0.3) is 5.91 Å². The van der Waals surface area contributed by atoms with Crippen molar-refractivity contribution in [3.8, 4) is 0 Å². The minimum atomic E-state index is -4.71. The van der Waals surface area contributed by atoms with Crippen molar-refractivity contribution in [2.24, 2.45) is 13.0 Å². The molecule has 2 amide bonds. The number of benzene rings is 1. The van der Waals surface area contributed by atoms with Crippen LogP contribution in [0, 0.1) is 5.92 Å². The number of rotatable bonds is 6. The van der Waals surface area contributed by atoms with Crippen molar-refractivity contribution in [2.75, 3.05) is 5.32 Å². The lowest BCUT2D eigenvalue weighted by Crippen LogP contribution is -2.25. The summed E-state index contributed by atoms with van der Waals surface area (Å²) in [6.45, 7) is 3.73. The summed E-state index contributed by atoms with van der Waals surface area (Å²) in [5.41, 5.74) is -0.560. The van der Waals surface area contributed by atoms with Crippen LogP contribution < -0.4 is 10.6 Å². The van der Waals surface area contributed by atoms with Crippen LogP contribution in [0.4, 0.5) is 18.9 Å². The van der Waals surface area contributed by atoms with E-state index in [1.54, 1.807) is 24.3 Å². The number of alkyl halides is 3. The van der Waals surface area contributed by atoms with Crippen molar-refractivity contribution < 1.29 is 22.8 Å². The molecule has 0 fully saturated rings. The molecule has 6 nitrogen and oxygen atoms in total. The molecule has 0 bridgehead atoms. The van der Waals surface area contributed by atoms with Crippen LogP contribution in [0.2, 0.25) is 0 Å². The fraction of sp³-hybridized carbons (Fsp3) is 0.389. The van der Waals surface area contributed by atoms with Crippen molar-refractivity contribution >= 4 is 17.5 Å². The Kier molecular flexibility index (Phi) is 6.24. The van der Waals surface area contributed by atoms with Crippen LogP contribution in [-0.4, -0.2) is 21.6 Å². The predicted octanol–water partition coefficient (Wildman–Crippen LogP) is 3.35. The van der Waals surface area contributed by atoms with E-state index in [1.165, 1.54) is 7.05 Å². The quantitative estimate of drug-likeness (QED) is 0.804. The molecule has 0 saturated heterocycles. The summed E-state index contributed by atoms with van der Waals surface area (Å²) in [6, 6.07) is 6.76. The highest BCUT2D eigenvalue weighted by Crippen LogP contribution is 2.30. The normalized spacial score (nSPS) is 12.5. The Balaban J connectivity index is 2.06. The largest absolute Gasteiger partial charge is 0.435 e. The van der Waals surface area contributed by atoms with E-state index in [0.29, 0.717) is 17.7 Å². The van der Waals surface area contributed by atoms with Crippen LogP contribution in [0.25, 0.3) is 0 Å². The molecule has 2 rings (SSSR count). The summed E-state index contributed by atoms with van der Waals surface area (Å²) in [6.07, 6.45) is -2.98. The van der Waals surface area contributed by atoms with Crippen LogP contribution in [0.15, 0.2) is 30.5 Å². The molecular weight excluding hydrogens is 361 g/mol. The molecule has 27 heavy (non-hydrogen) atoms. The summed E-state index contributed by atoms with van der Waals surface area (Å²) in [7, 11) is 1.31. The van der Waals surface area contributed by atoms with Gasteiger partial charge in [-0.25, -0.2) is 0 Å². The molecule has 2 aromatic rings. The minimum Gasteiger partial charge on any atom is -0.348 e. The maximum Gasteiger partial charge on any atom is 0.435 e. The summed E-state index contributed by atoms with van der Waals surface area (Å²) in [4.78, 5) is 24.1. The highest BCUT2D eigenvalue weighted by Gasteiger charge is 2.38. The number of carbonyl (C=O) groups excluding carboxylic acids is 2. The van der Waals surface area contributed by atoms with Gasteiger partial charge >= 0.3 is 6.18 Å². The Morgan fingerprint density at radius 2 is 2.00 bits per heavy atom. The van der Waals surface area contributed by atoms with E-state index in [-0.39, 0.29) is 18.4 Å². The molecule has 1 aromatic heterocycles. The molecule has 1 aromatic carbocycles. The average Bonchev–Trinajstić information content (AvgIpc) is 3.01. The molecule has 1 unspecified atom stereocenters. The third-order valence-electron chi connectivity index (χ3n) is 4.05. The number of hydrogen-bond donors (Lipinski definition) is 2. The standard InChI is InChI=1S/C18H21F3N4O2/c1-4-11(2)16(26)23-13-7-5-6-12(8-13)9-22-17(27)14-10-25(3)24-15(14)18(19,20)21/h5-8,10-11H,4,9H2,1-3H3,(H,22,27)(H,23,26). The van der Waals surface area contributed by atoms with E-state index in [1.807, 2.05) is 13.8 Å². The van der Waals surface area contributed by atoms with Crippen LogP contribution in [0.3, 0.4) is 0 Å². The van der Waals surface area contributed by atoms with Gasteiger partial charge in [-0.1, -0.05) is 26.0 Å². The van der Waals surface area contributed by atoms with Crippen LogP contribution >= 0.6 is 0 Å². The van der Waals surface area contributed by atoms with E-state index < -0.39 is 23.3 Å². The Labute approximate surface area is 154 Å². The number of aryl methyl sites for hydroxylation is 1. The summed E-state index contributed by atoms with van der Waals surface area (Å²) in [5, 5.41) is 8.53. The highest BCUT2D eigenvalue weighted by atomic mass is 19.4. The minimum absolute atomic E-state index is 0.0120. The lowest BCUT2D eigenvalue weighted by atomic mass is 10.1. The van der Waals surface area contributed by atoms with Gasteiger partial charge in [-0.2, -0.15) is 18.3 Å². The van der Waals surface area contributed by atoms with Crippen LogP contribution in [0.5, 0.6) is 0 Å². The van der Waals surface area contributed by atoms with E-state index in [9.17, 15) is 22.8 Å². The molecule has 1 atom stereocenters. The van der Waals surface area contributed by atoms with Crippen molar-refractivity contribution in [3.63, 3.8) is 0 Å². The maximum atomic E-state index is 13.0. The number of hydrogen-bond acceptors (Lipinski definition) is 3. The Hall–Kier alpha value is -2.84. The first-order valence-corrected chi connectivity index (χ1v) is 8.40. The summed E-state index contributed by atoms with van der Waals surface area (Å²) >= 11 is 0. The third kappa shape index (κ3) is 5.32. The Morgan fingerprint density at radius 1 is 1.30 bits per heavy atom. The average molecular weight is 382 g/mol. The molecule has 0 aliphatic heterocycles. The van der Waals surface area contributed by atoms with E-state index in [4.69, 9.17) is 0 Å². The topological polar surface area (TPSA) is 76.0 Å². The van der Waals surface area contributed by atoms with Gasteiger partial charge in [-0.15, -0.1) is 0 Å². The number of nitrogens with zero attached hydrogens (tertiary/aromatic N) is 2. The number of anilines is 1. The van der Waals surface area contributed by atoms with Crippen LogP contribution in [0.1, 0.15) is 41.9 Å². The van der Waals surface area contributed by atoms with Crippen molar-refractivity contribution in [1.29, 1.82) is 0 Å². The molecule has 0 aliphatic carbocycles. The number of carbonyl (C=O) groups is 2. The molecule has 9 heteroatoms. The molecule has 0 aliphatic rings. The molecule has 2 N–H and O–H groups in total. The first-order valence-electron chi connectivity index (χ1n) is 8.40. The maximum absolute atomic E-state index is 13.0. The van der Waals surface area contributed by atoms with Gasteiger partial charge in [0.2, 0.25) is 5.91 Å². The molecule has 146 valence electrons. The SMILES string of the molecule is CCC(C)C(=O)Nc1cccc(CNC(=O)c2cn(C)nc2C(F)(F)F)c1. The molecular formula is C18H21F3N4O2. The van der Waals surface area contributed by atoms with Gasteiger partial charge in [-0.05, 0) is 24.1 Å². The van der Waals surface area contributed by atoms with Gasteiger partial charge in [0.05, 0.1) is 5.56 Å². The monoisotopic (exact) mass is 382 g/mol. The van der Waals surface area contributed by atoms with E-state index in [0.717, 1.165) is 10.9 Å². The third-order valence-corrected chi connectivity index (χ3v) is 4.05. The highest BCUT2D eigenvalue weighted by molar-refractivity contribution is 5.95. The van der Waals surface area contributed by atoms with Gasteiger partial charge in [0.1, 0.15) is 0 Å². The second-order valence-electron chi connectivity index (χ2n) is 6.24. The number of aromatic nitrogens is 2. The number of amides is 2. The number of nitrogens with one attached hydrogen (secondary N) is 2.